The summed E-state index contributed by atoms with van der Waals surface area (Å²) in [5, 5.41) is 8.49. The normalized spacial score (nSPS) is 15.7. The van der Waals surface area contributed by atoms with Crippen LogP contribution in [-0.4, -0.2) is 49.1 Å². The van der Waals surface area contributed by atoms with Gasteiger partial charge >= 0.3 is 0 Å². The van der Waals surface area contributed by atoms with E-state index in [4.69, 9.17) is 4.42 Å². The van der Waals surface area contributed by atoms with Gasteiger partial charge in [-0.15, -0.1) is 10.2 Å². The van der Waals surface area contributed by atoms with Gasteiger partial charge in [-0.2, -0.15) is 4.31 Å². The van der Waals surface area contributed by atoms with E-state index in [2.05, 4.69) is 10.2 Å². The summed E-state index contributed by atoms with van der Waals surface area (Å²) in [4.78, 5) is 2.43. The molecule has 0 radical (unpaired) electrons. The zero-order chi connectivity index (χ0) is 19.7. The lowest BCUT2D eigenvalue weighted by Crippen LogP contribution is -2.49. The second-order valence-electron chi connectivity index (χ2n) is 6.91. The van der Waals surface area contributed by atoms with Crippen LogP contribution in [0.15, 0.2) is 58.0 Å². The van der Waals surface area contributed by atoms with Gasteiger partial charge in [0.05, 0.1) is 11.2 Å². The molecule has 1 aromatic carbocycles. The summed E-state index contributed by atoms with van der Waals surface area (Å²) >= 11 is 0. The molecule has 8 heteroatoms. The van der Waals surface area contributed by atoms with Gasteiger partial charge in [-0.05, 0) is 49.7 Å². The van der Waals surface area contributed by atoms with Gasteiger partial charge in [0.25, 0.3) is 0 Å². The van der Waals surface area contributed by atoms with E-state index in [9.17, 15) is 8.42 Å². The fourth-order valence-corrected chi connectivity index (χ4v) is 5.06. The van der Waals surface area contributed by atoms with Gasteiger partial charge in [0.15, 0.2) is 11.6 Å². The van der Waals surface area contributed by atoms with E-state index in [1.54, 1.807) is 22.7 Å². The van der Waals surface area contributed by atoms with Crippen molar-refractivity contribution in [2.45, 2.75) is 18.7 Å². The average Bonchev–Trinajstić information content (AvgIpc) is 3.23. The van der Waals surface area contributed by atoms with Crippen molar-refractivity contribution in [1.29, 1.82) is 0 Å². The first-order valence-electron chi connectivity index (χ1n) is 9.15. The van der Waals surface area contributed by atoms with Crippen LogP contribution >= 0.6 is 0 Å². The number of furan rings is 1. The van der Waals surface area contributed by atoms with E-state index in [0.717, 1.165) is 16.9 Å². The Kier molecular flexibility index (Phi) is 4.91. The van der Waals surface area contributed by atoms with Crippen LogP contribution in [0.5, 0.6) is 0 Å². The van der Waals surface area contributed by atoms with Gasteiger partial charge in [0.2, 0.25) is 10.0 Å². The minimum atomic E-state index is -3.49. The van der Waals surface area contributed by atoms with E-state index < -0.39 is 10.0 Å². The SMILES string of the molecule is Cc1ccc(S(=O)(=O)N2CCN(c3ccc(-c4ccco4)nn3)CC2)c(C)c1. The molecule has 7 nitrogen and oxygen atoms in total. The Labute approximate surface area is 164 Å². The minimum absolute atomic E-state index is 0.383. The fourth-order valence-electron chi connectivity index (χ4n) is 3.44. The summed E-state index contributed by atoms with van der Waals surface area (Å²) in [6.45, 7) is 5.76. The Hall–Kier alpha value is -2.71. The summed E-state index contributed by atoms with van der Waals surface area (Å²) in [5.74, 6) is 1.40. The monoisotopic (exact) mass is 398 g/mol. The summed E-state index contributed by atoms with van der Waals surface area (Å²) in [6.07, 6.45) is 1.60. The molecule has 0 atom stereocenters. The fraction of sp³-hybridized carbons (Fsp3) is 0.300. The Balaban J connectivity index is 1.45. The highest BCUT2D eigenvalue weighted by Gasteiger charge is 2.30. The number of hydrogen-bond acceptors (Lipinski definition) is 6. The van der Waals surface area contributed by atoms with Crippen LogP contribution in [0.1, 0.15) is 11.1 Å². The number of benzene rings is 1. The molecule has 28 heavy (non-hydrogen) atoms. The molecule has 3 heterocycles. The molecule has 0 saturated carbocycles. The third-order valence-corrected chi connectivity index (χ3v) is 6.99. The number of nitrogens with zero attached hydrogens (tertiary/aromatic N) is 4. The first kappa shape index (κ1) is 18.6. The topological polar surface area (TPSA) is 79.5 Å². The number of hydrogen-bond donors (Lipinski definition) is 0. The molecule has 0 amide bonds. The van der Waals surface area contributed by atoms with Gasteiger partial charge in [0, 0.05) is 26.2 Å². The molecule has 0 unspecified atom stereocenters. The van der Waals surface area contributed by atoms with Crippen molar-refractivity contribution in [1.82, 2.24) is 14.5 Å². The predicted octanol–water partition coefficient (Wildman–Crippen LogP) is 2.86. The predicted molar refractivity (Wildman–Crippen MR) is 107 cm³/mol. The molecule has 0 spiro atoms. The van der Waals surface area contributed by atoms with Crippen LogP contribution in [0.2, 0.25) is 0 Å². The van der Waals surface area contributed by atoms with Crippen LogP contribution in [0.25, 0.3) is 11.5 Å². The number of rotatable bonds is 4. The van der Waals surface area contributed by atoms with E-state index in [0.29, 0.717) is 42.5 Å². The molecule has 0 N–H and O–H groups in total. The van der Waals surface area contributed by atoms with Crippen LogP contribution in [0.4, 0.5) is 5.82 Å². The van der Waals surface area contributed by atoms with Gasteiger partial charge in [-0.1, -0.05) is 17.7 Å². The van der Waals surface area contributed by atoms with E-state index in [1.807, 2.05) is 49.1 Å². The van der Waals surface area contributed by atoms with Gasteiger partial charge in [0.1, 0.15) is 5.69 Å². The van der Waals surface area contributed by atoms with Crippen molar-refractivity contribution < 1.29 is 12.8 Å². The Morgan fingerprint density at radius 1 is 0.964 bits per heavy atom. The molecule has 0 bridgehead atoms. The van der Waals surface area contributed by atoms with Crippen LogP contribution in [0, 0.1) is 13.8 Å². The van der Waals surface area contributed by atoms with Crippen molar-refractivity contribution >= 4 is 15.8 Å². The lowest BCUT2D eigenvalue weighted by atomic mass is 10.2. The standard InChI is InChI=1S/C20H22N4O3S/c1-15-5-7-19(16(2)14-15)28(25,26)24-11-9-23(10-12-24)20-8-6-17(21-22-20)18-4-3-13-27-18/h3-8,13-14H,9-12H2,1-2H3. The molecule has 0 aliphatic carbocycles. The molecular formula is C20H22N4O3S. The van der Waals surface area contributed by atoms with Crippen LogP contribution in [0.3, 0.4) is 0 Å². The number of aromatic nitrogens is 2. The highest BCUT2D eigenvalue weighted by Crippen LogP contribution is 2.24. The maximum absolute atomic E-state index is 13.0. The minimum Gasteiger partial charge on any atom is -0.463 e. The summed E-state index contributed by atoms with van der Waals surface area (Å²) in [7, 11) is -3.49. The number of piperazine rings is 1. The Morgan fingerprint density at radius 2 is 1.75 bits per heavy atom. The number of anilines is 1. The third-order valence-electron chi connectivity index (χ3n) is 4.93. The van der Waals surface area contributed by atoms with Gasteiger partial charge in [-0.3, -0.25) is 0 Å². The van der Waals surface area contributed by atoms with Gasteiger partial charge < -0.3 is 9.32 Å². The van der Waals surface area contributed by atoms with E-state index in [-0.39, 0.29) is 0 Å². The lowest BCUT2D eigenvalue weighted by Gasteiger charge is -2.34. The summed E-state index contributed by atoms with van der Waals surface area (Å²) in [6, 6.07) is 12.8. The summed E-state index contributed by atoms with van der Waals surface area (Å²) < 4.78 is 32.9. The Morgan fingerprint density at radius 3 is 2.36 bits per heavy atom. The number of sulfonamides is 1. The van der Waals surface area contributed by atoms with Crippen molar-refractivity contribution in [3.05, 3.63) is 59.9 Å². The zero-order valence-corrected chi connectivity index (χ0v) is 16.7. The Bertz CT molecular complexity index is 1060. The van der Waals surface area contributed by atoms with Crippen LogP contribution < -0.4 is 4.90 Å². The van der Waals surface area contributed by atoms with Crippen molar-refractivity contribution in [2.24, 2.45) is 0 Å². The zero-order valence-electron chi connectivity index (χ0n) is 15.9. The molecule has 1 fully saturated rings. The highest BCUT2D eigenvalue weighted by atomic mass is 32.2. The molecule has 3 aromatic rings. The molecule has 146 valence electrons. The molecule has 2 aromatic heterocycles. The second kappa shape index (κ2) is 7.37. The lowest BCUT2D eigenvalue weighted by molar-refractivity contribution is 0.383. The third kappa shape index (κ3) is 3.53. The molecular weight excluding hydrogens is 376 g/mol. The maximum atomic E-state index is 13.0. The molecule has 1 saturated heterocycles. The molecule has 1 aliphatic heterocycles. The van der Waals surface area contributed by atoms with Crippen molar-refractivity contribution in [2.75, 3.05) is 31.1 Å². The maximum Gasteiger partial charge on any atom is 0.243 e. The van der Waals surface area contributed by atoms with Crippen molar-refractivity contribution in [3.8, 4) is 11.5 Å². The molecule has 1 aliphatic rings. The number of aryl methyl sites for hydroxylation is 2. The average molecular weight is 398 g/mol. The largest absolute Gasteiger partial charge is 0.463 e. The van der Waals surface area contributed by atoms with Crippen LogP contribution in [-0.2, 0) is 10.0 Å². The second-order valence-corrected chi connectivity index (χ2v) is 8.82. The first-order valence-corrected chi connectivity index (χ1v) is 10.6. The van der Waals surface area contributed by atoms with E-state index >= 15 is 0 Å². The quantitative estimate of drug-likeness (QED) is 0.672. The van der Waals surface area contributed by atoms with Crippen molar-refractivity contribution in [3.63, 3.8) is 0 Å². The highest BCUT2D eigenvalue weighted by molar-refractivity contribution is 7.89. The van der Waals surface area contributed by atoms with Gasteiger partial charge in [-0.25, -0.2) is 8.42 Å². The van der Waals surface area contributed by atoms with E-state index in [1.165, 1.54) is 0 Å². The first-order chi connectivity index (χ1) is 13.4. The molecule has 4 rings (SSSR count). The smallest absolute Gasteiger partial charge is 0.243 e. The summed E-state index contributed by atoms with van der Waals surface area (Å²) in [5.41, 5.74) is 2.50.